The number of fused-ring (bicyclic) bond motifs is 4. The number of carbonyl (C=O) groups excluding carboxylic acids is 8. The number of nitrogens with one attached hydrogen (secondary N) is 3. The summed E-state index contributed by atoms with van der Waals surface area (Å²) in [5, 5.41) is 8.43. The van der Waals surface area contributed by atoms with Crippen LogP contribution in [0.5, 0.6) is 0 Å². The molecule has 5 aromatic rings. The molecule has 1 unspecified atom stereocenters. The van der Waals surface area contributed by atoms with Crippen LogP contribution in [0.15, 0.2) is 60.9 Å². The number of anilines is 4. The van der Waals surface area contributed by atoms with E-state index in [1.807, 2.05) is 54.2 Å². The summed E-state index contributed by atoms with van der Waals surface area (Å²) in [6.07, 6.45) is 10.7. The predicted octanol–water partition coefficient (Wildman–Crippen LogP) is 7.79. The number of halogens is 1. The average Bonchev–Trinajstić information content (AvgIpc) is 1.58. The van der Waals surface area contributed by atoms with Crippen molar-refractivity contribution < 1.29 is 42.7 Å². The normalized spacial score (nSPS) is 24.1. The van der Waals surface area contributed by atoms with E-state index in [9.17, 15) is 33.6 Å². The van der Waals surface area contributed by atoms with Crippen molar-refractivity contribution in [3.05, 3.63) is 94.6 Å². The molecule has 0 radical (unpaired) electrons. The fourth-order valence-corrected chi connectivity index (χ4v) is 15.2. The van der Waals surface area contributed by atoms with E-state index in [4.69, 9.17) is 9.97 Å². The Morgan fingerprint density at radius 3 is 2.07 bits per heavy atom. The fourth-order valence-electron chi connectivity index (χ4n) is 15.2. The minimum Gasteiger partial charge on any atom is -0.368 e. The molecule has 2 aromatic heterocycles. The van der Waals surface area contributed by atoms with Gasteiger partial charge >= 0.3 is 0 Å². The molecular formula is C66H77FN12O8. The van der Waals surface area contributed by atoms with Crippen molar-refractivity contribution in [2.45, 2.75) is 154 Å². The molecule has 87 heavy (non-hydrogen) atoms. The molecule has 1 spiro atoms. The number of likely N-dealkylation sites (tertiary alicyclic amines) is 2. The molecule has 8 heterocycles. The number of pyridine rings is 1. The number of carbonyl (C=O) groups is 8. The van der Waals surface area contributed by atoms with Crippen molar-refractivity contribution in [3.63, 3.8) is 0 Å². The van der Waals surface area contributed by atoms with Crippen LogP contribution in [0.2, 0.25) is 0 Å². The molecule has 6 aliphatic heterocycles. The van der Waals surface area contributed by atoms with Gasteiger partial charge in [0.1, 0.15) is 17.4 Å². The van der Waals surface area contributed by atoms with E-state index in [-0.39, 0.29) is 83.2 Å². The largest absolute Gasteiger partial charge is 0.368 e. The summed E-state index contributed by atoms with van der Waals surface area (Å²) in [4.78, 5) is 130. The van der Waals surface area contributed by atoms with Gasteiger partial charge < -0.3 is 39.7 Å². The van der Waals surface area contributed by atoms with Crippen molar-refractivity contribution in [2.24, 2.45) is 11.8 Å². The van der Waals surface area contributed by atoms with Crippen molar-refractivity contribution >= 4 is 81.2 Å². The summed E-state index contributed by atoms with van der Waals surface area (Å²) in [6.45, 7) is 14.6. The summed E-state index contributed by atoms with van der Waals surface area (Å²) in [6, 6.07) is 15.4. The second-order valence-corrected chi connectivity index (χ2v) is 26.1. The molecule has 6 fully saturated rings. The first-order valence-electron chi connectivity index (χ1n) is 31.5. The van der Waals surface area contributed by atoms with Crippen molar-refractivity contribution in [1.29, 1.82) is 0 Å². The van der Waals surface area contributed by atoms with E-state index in [0.717, 1.165) is 53.3 Å². The van der Waals surface area contributed by atoms with Crippen LogP contribution in [-0.2, 0) is 29.4 Å². The maximum Gasteiger partial charge on any atom is 0.262 e. The van der Waals surface area contributed by atoms with Crippen LogP contribution >= 0.6 is 0 Å². The highest BCUT2D eigenvalue weighted by molar-refractivity contribution is 6.24. The van der Waals surface area contributed by atoms with Gasteiger partial charge in [-0.1, -0.05) is 18.6 Å². The highest BCUT2D eigenvalue weighted by Gasteiger charge is 2.56. The zero-order chi connectivity index (χ0) is 60.7. The Hall–Kier alpha value is -8.07. The van der Waals surface area contributed by atoms with E-state index in [1.165, 1.54) is 31.4 Å². The van der Waals surface area contributed by atoms with Gasteiger partial charge in [-0.3, -0.25) is 48.6 Å². The van der Waals surface area contributed by atoms with Gasteiger partial charge in [-0.25, -0.2) is 14.4 Å². The minimum atomic E-state index is -1.04. The van der Waals surface area contributed by atoms with Crippen molar-refractivity contribution in [3.8, 4) is 11.3 Å². The van der Waals surface area contributed by atoms with Gasteiger partial charge in [-0.2, -0.15) is 0 Å². The number of rotatable bonds is 12. The molecule has 2 aliphatic carbocycles. The zero-order valence-corrected chi connectivity index (χ0v) is 50.3. The van der Waals surface area contributed by atoms with Crippen molar-refractivity contribution in [1.82, 2.24) is 44.8 Å². The average molecular weight is 1190 g/mol. The number of benzene rings is 3. The molecule has 20 nitrogen and oxygen atoms in total. The summed E-state index contributed by atoms with van der Waals surface area (Å²) >= 11 is 0. The number of amides is 8. The quantitative estimate of drug-likeness (QED) is 0.102. The van der Waals surface area contributed by atoms with Crippen molar-refractivity contribution in [2.75, 3.05) is 67.5 Å². The van der Waals surface area contributed by atoms with E-state index < -0.39 is 40.9 Å². The van der Waals surface area contributed by atoms with Gasteiger partial charge in [0.05, 0.1) is 39.8 Å². The highest BCUT2D eigenvalue weighted by atomic mass is 19.1. The van der Waals surface area contributed by atoms with Crippen LogP contribution in [-0.4, -0.2) is 158 Å². The molecule has 13 rings (SSSR count). The van der Waals surface area contributed by atoms with Crippen LogP contribution in [0.4, 0.5) is 27.3 Å². The SMILES string of the molecule is Cc1cc(F)c(Nc2nc(-c3ccc4c(c3)N(C3CC(N5CCCCC5)C3)C(=O)C43CCN(C(=O)C4CCC(C(=O)N5CCN(c6ccc7c(c6)C(=O)N(C6CCC(=O)NC6=O)C7=O)CC5)CC4)CC3)cc3ncn(C(C)C)c23)cc1C(=O)NC(C)C. The lowest BCUT2D eigenvalue weighted by molar-refractivity contribution is -0.143. The maximum atomic E-state index is 16.0. The number of piperazine rings is 1. The number of piperidine rings is 3. The van der Waals surface area contributed by atoms with Crippen LogP contribution in [0.3, 0.4) is 0 Å². The topological polar surface area (TPSA) is 223 Å². The molecule has 2 saturated carbocycles. The van der Waals surface area contributed by atoms with E-state index in [2.05, 4.69) is 42.8 Å². The Kier molecular flexibility index (Phi) is 15.3. The van der Waals surface area contributed by atoms with E-state index in [1.54, 1.807) is 31.5 Å². The molecule has 3 N–H and O–H groups in total. The van der Waals surface area contributed by atoms with Crippen LogP contribution in [0.25, 0.3) is 22.3 Å². The number of hydrogen-bond donors (Lipinski definition) is 3. The van der Waals surface area contributed by atoms with Gasteiger partial charge in [0.25, 0.3) is 17.7 Å². The smallest absolute Gasteiger partial charge is 0.262 e. The number of imide groups is 2. The lowest BCUT2D eigenvalue weighted by Crippen LogP contribution is -2.58. The fraction of sp³-hybridized carbons (Fsp3) is 0.515. The molecule has 21 heteroatoms. The Bertz CT molecular complexity index is 3660. The van der Waals surface area contributed by atoms with Gasteiger partial charge in [-0.15, -0.1) is 0 Å². The molecule has 3 aromatic carbocycles. The third kappa shape index (κ3) is 10.4. The number of imidazole rings is 1. The summed E-state index contributed by atoms with van der Waals surface area (Å²) < 4.78 is 18.0. The number of aromatic nitrogens is 3. The first-order chi connectivity index (χ1) is 41.8. The Labute approximate surface area is 505 Å². The van der Waals surface area contributed by atoms with Crippen LogP contribution < -0.4 is 25.8 Å². The number of nitrogens with zero attached hydrogens (tertiary/aromatic N) is 9. The van der Waals surface area contributed by atoms with Crippen LogP contribution in [0.1, 0.15) is 159 Å². The Morgan fingerprint density at radius 1 is 0.724 bits per heavy atom. The molecule has 1 atom stereocenters. The number of aryl methyl sites for hydroxylation is 1. The molecular weight excluding hydrogens is 1110 g/mol. The third-order valence-corrected chi connectivity index (χ3v) is 20.1. The van der Waals surface area contributed by atoms with E-state index in [0.29, 0.717) is 118 Å². The lowest BCUT2D eigenvalue weighted by Gasteiger charge is -2.48. The summed E-state index contributed by atoms with van der Waals surface area (Å²) in [5.41, 5.74) is 5.89. The summed E-state index contributed by atoms with van der Waals surface area (Å²) in [7, 11) is 0. The second-order valence-electron chi connectivity index (χ2n) is 26.1. The zero-order valence-electron chi connectivity index (χ0n) is 50.3. The van der Waals surface area contributed by atoms with Crippen LogP contribution in [0, 0.1) is 24.6 Å². The monoisotopic (exact) mass is 1180 g/mol. The van der Waals surface area contributed by atoms with E-state index >= 15 is 9.18 Å². The van der Waals surface area contributed by atoms with Gasteiger partial charge in [-0.05, 0) is 172 Å². The van der Waals surface area contributed by atoms with Gasteiger partial charge in [0.2, 0.25) is 29.5 Å². The minimum absolute atomic E-state index is 0.00203. The Balaban J connectivity index is 0.682. The first-order valence-corrected chi connectivity index (χ1v) is 31.5. The maximum absolute atomic E-state index is 16.0. The van der Waals surface area contributed by atoms with Gasteiger partial charge in [0.15, 0.2) is 5.82 Å². The first kappa shape index (κ1) is 58.0. The predicted molar refractivity (Wildman–Crippen MR) is 325 cm³/mol. The molecule has 0 bridgehead atoms. The van der Waals surface area contributed by atoms with Gasteiger partial charge in [0, 0.05) is 104 Å². The molecule has 456 valence electrons. The Morgan fingerprint density at radius 2 is 1.40 bits per heavy atom. The molecule has 8 amide bonds. The molecule has 4 saturated heterocycles. The highest BCUT2D eigenvalue weighted by Crippen LogP contribution is 2.53. The molecule has 8 aliphatic rings. The second kappa shape index (κ2) is 22.9. The summed E-state index contributed by atoms with van der Waals surface area (Å²) in [5.74, 6) is -2.77. The standard InChI is InChI=1S/C66H77FN12O8/c1-37(2)69-59(81)47-34-52(50(67)29-39(47)5)71-58-57-53(68-36-77(57)38(3)4)35-51(70-58)42-13-16-49-55(30-42)78(45-31-44(32-45)73-21-7-6-8-22-73)65(87)66(49)19-23-75(24-20-66)61(83)40-9-11-41(12-10-40)62(84)76-27-25-74(26-28-76)43-14-15-46-48(33-43)64(86)79(63(46)85)54-17-18-56(80)72-60(54)82/h13-16,29-30,33-38,40-41,44-45,54H,6-12,17-28,31-32H2,1-5H3,(H,69,81)(H,70,71)(H,72,80,82). The third-order valence-electron chi connectivity index (χ3n) is 20.1. The lowest BCUT2D eigenvalue weighted by atomic mass is 9.72. The number of hydrogen-bond acceptors (Lipinski definition) is 13.